The lowest BCUT2D eigenvalue weighted by atomic mass is 10.1. The molecular weight excluding hydrogens is 356 g/mol. The standard InChI is InChI=1S/C21H24N4O3/c22-20(24-28)17-10-8-16(9-11-17)14-23-21(27)18-7-4-12-25(18)19(26)13-15-5-2-1-3-6-15/h1-3,5-6,8-11,18,28H,4,7,12-14H2,(H2,22,24)(H,23,27)/t18-/m0/s1. The number of carbonyl (C=O) groups excluding carboxylic acids is 2. The third-order valence-corrected chi connectivity index (χ3v) is 4.90. The zero-order chi connectivity index (χ0) is 19.9. The van der Waals surface area contributed by atoms with Gasteiger partial charge in [-0.1, -0.05) is 59.8 Å². The summed E-state index contributed by atoms with van der Waals surface area (Å²) in [6.45, 7) is 0.963. The van der Waals surface area contributed by atoms with E-state index in [0.29, 0.717) is 31.5 Å². The Balaban J connectivity index is 1.56. The van der Waals surface area contributed by atoms with Gasteiger partial charge in [-0.2, -0.15) is 0 Å². The first-order chi connectivity index (χ1) is 13.6. The van der Waals surface area contributed by atoms with Crippen molar-refractivity contribution in [3.8, 4) is 0 Å². The van der Waals surface area contributed by atoms with Gasteiger partial charge in [-0.05, 0) is 24.0 Å². The Morgan fingerprint density at radius 2 is 1.82 bits per heavy atom. The molecule has 0 unspecified atom stereocenters. The molecule has 0 aromatic heterocycles. The highest BCUT2D eigenvalue weighted by Gasteiger charge is 2.33. The first-order valence-corrected chi connectivity index (χ1v) is 9.26. The Kier molecular flexibility index (Phi) is 6.26. The molecular formula is C21H24N4O3. The van der Waals surface area contributed by atoms with Gasteiger partial charge < -0.3 is 21.2 Å². The summed E-state index contributed by atoms with van der Waals surface area (Å²) in [6.07, 6.45) is 1.81. The first-order valence-electron chi connectivity index (χ1n) is 9.26. The molecule has 0 spiro atoms. The Morgan fingerprint density at radius 3 is 2.50 bits per heavy atom. The van der Waals surface area contributed by atoms with Gasteiger partial charge in [0.15, 0.2) is 5.84 Å². The van der Waals surface area contributed by atoms with Crippen LogP contribution in [-0.4, -0.2) is 40.3 Å². The van der Waals surface area contributed by atoms with Gasteiger partial charge in [-0.3, -0.25) is 9.59 Å². The van der Waals surface area contributed by atoms with Gasteiger partial charge in [-0.15, -0.1) is 0 Å². The number of nitrogens with zero attached hydrogens (tertiary/aromatic N) is 2. The number of hydrogen-bond acceptors (Lipinski definition) is 4. The monoisotopic (exact) mass is 380 g/mol. The van der Waals surface area contributed by atoms with Crippen molar-refractivity contribution in [3.63, 3.8) is 0 Å². The normalized spacial score (nSPS) is 16.8. The molecule has 1 aliphatic rings. The molecule has 28 heavy (non-hydrogen) atoms. The number of carbonyl (C=O) groups is 2. The number of nitrogens with two attached hydrogens (primary N) is 1. The number of amidine groups is 1. The summed E-state index contributed by atoms with van der Waals surface area (Å²) >= 11 is 0. The van der Waals surface area contributed by atoms with Crippen LogP contribution in [0.2, 0.25) is 0 Å². The second-order valence-corrected chi connectivity index (χ2v) is 6.81. The second-order valence-electron chi connectivity index (χ2n) is 6.81. The molecule has 2 amide bonds. The van der Waals surface area contributed by atoms with E-state index in [0.717, 1.165) is 17.5 Å². The highest BCUT2D eigenvalue weighted by atomic mass is 16.4. The van der Waals surface area contributed by atoms with Crippen LogP contribution in [0.5, 0.6) is 0 Å². The van der Waals surface area contributed by atoms with Crippen molar-refractivity contribution < 1.29 is 14.8 Å². The highest BCUT2D eigenvalue weighted by Crippen LogP contribution is 2.19. The van der Waals surface area contributed by atoms with Gasteiger partial charge in [0.2, 0.25) is 11.8 Å². The van der Waals surface area contributed by atoms with Crippen LogP contribution >= 0.6 is 0 Å². The maximum Gasteiger partial charge on any atom is 0.243 e. The molecule has 1 saturated heterocycles. The number of likely N-dealkylation sites (tertiary alicyclic amines) is 1. The van der Waals surface area contributed by atoms with Crippen LogP contribution in [0.25, 0.3) is 0 Å². The van der Waals surface area contributed by atoms with Crippen LogP contribution in [0.3, 0.4) is 0 Å². The maximum atomic E-state index is 12.6. The number of oxime groups is 1. The fourth-order valence-electron chi connectivity index (χ4n) is 3.37. The summed E-state index contributed by atoms with van der Waals surface area (Å²) in [7, 11) is 0. The van der Waals surface area contributed by atoms with Gasteiger partial charge in [0.25, 0.3) is 0 Å². The molecule has 2 aromatic carbocycles. The van der Waals surface area contributed by atoms with Crippen LogP contribution < -0.4 is 11.1 Å². The van der Waals surface area contributed by atoms with E-state index in [9.17, 15) is 9.59 Å². The van der Waals surface area contributed by atoms with E-state index in [1.165, 1.54) is 0 Å². The van der Waals surface area contributed by atoms with Gasteiger partial charge >= 0.3 is 0 Å². The minimum absolute atomic E-state index is 0.0213. The molecule has 0 saturated carbocycles. The number of amides is 2. The third-order valence-electron chi connectivity index (χ3n) is 4.90. The predicted octanol–water partition coefficient (Wildman–Crippen LogP) is 1.63. The third kappa shape index (κ3) is 4.68. The molecule has 2 aromatic rings. The lowest BCUT2D eigenvalue weighted by molar-refractivity contribution is -0.138. The molecule has 146 valence electrons. The number of rotatable bonds is 6. The number of nitrogens with one attached hydrogen (secondary N) is 1. The molecule has 4 N–H and O–H groups in total. The Labute approximate surface area is 163 Å². The number of benzene rings is 2. The molecule has 0 bridgehead atoms. The molecule has 1 atom stereocenters. The summed E-state index contributed by atoms with van der Waals surface area (Å²) < 4.78 is 0. The van der Waals surface area contributed by atoms with Crippen molar-refractivity contribution in [1.29, 1.82) is 0 Å². The van der Waals surface area contributed by atoms with Crippen molar-refractivity contribution in [3.05, 3.63) is 71.3 Å². The minimum Gasteiger partial charge on any atom is -0.409 e. The summed E-state index contributed by atoms with van der Waals surface area (Å²) in [5.74, 6) is -0.125. The van der Waals surface area contributed by atoms with Gasteiger partial charge in [-0.25, -0.2) is 0 Å². The van der Waals surface area contributed by atoms with E-state index in [1.807, 2.05) is 30.3 Å². The van der Waals surface area contributed by atoms with Crippen LogP contribution in [0.4, 0.5) is 0 Å². The quantitative estimate of drug-likeness (QED) is 0.306. The summed E-state index contributed by atoms with van der Waals surface area (Å²) in [4.78, 5) is 27.0. The van der Waals surface area contributed by atoms with E-state index in [-0.39, 0.29) is 17.6 Å². The molecule has 1 fully saturated rings. The largest absolute Gasteiger partial charge is 0.409 e. The van der Waals surface area contributed by atoms with Gasteiger partial charge in [0.05, 0.1) is 6.42 Å². The second kappa shape index (κ2) is 9.03. The van der Waals surface area contributed by atoms with E-state index in [2.05, 4.69) is 10.5 Å². The Hall–Kier alpha value is -3.35. The predicted molar refractivity (Wildman–Crippen MR) is 106 cm³/mol. The van der Waals surface area contributed by atoms with Crippen molar-refractivity contribution in [2.75, 3.05) is 6.54 Å². The van der Waals surface area contributed by atoms with Crippen LogP contribution in [0.1, 0.15) is 29.5 Å². The van der Waals surface area contributed by atoms with Gasteiger partial charge in [0, 0.05) is 18.7 Å². The summed E-state index contributed by atoms with van der Waals surface area (Å²) in [5.41, 5.74) is 7.98. The molecule has 0 aliphatic carbocycles. The lowest BCUT2D eigenvalue weighted by Crippen LogP contribution is -2.46. The van der Waals surface area contributed by atoms with Crippen molar-refractivity contribution in [1.82, 2.24) is 10.2 Å². The zero-order valence-corrected chi connectivity index (χ0v) is 15.5. The van der Waals surface area contributed by atoms with Gasteiger partial charge in [0.1, 0.15) is 6.04 Å². The van der Waals surface area contributed by atoms with Crippen LogP contribution in [0.15, 0.2) is 59.8 Å². The fraction of sp³-hybridized carbons (Fsp3) is 0.286. The average molecular weight is 380 g/mol. The SMILES string of the molecule is NC(=NO)c1ccc(CNC(=O)[C@@H]2CCCN2C(=O)Cc2ccccc2)cc1. The van der Waals surface area contributed by atoms with Crippen LogP contribution in [0, 0.1) is 0 Å². The van der Waals surface area contributed by atoms with E-state index >= 15 is 0 Å². The molecule has 0 radical (unpaired) electrons. The van der Waals surface area contributed by atoms with Crippen molar-refractivity contribution in [2.24, 2.45) is 10.9 Å². The molecule has 7 heteroatoms. The average Bonchev–Trinajstić information content (AvgIpc) is 3.23. The fourth-order valence-corrected chi connectivity index (χ4v) is 3.37. The zero-order valence-electron chi connectivity index (χ0n) is 15.5. The highest BCUT2D eigenvalue weighted by molar-refractivity contribution is 5.97. The summed E-state index contributed by atoms with van der Waals surface area (Å²) in [5, 5.41) is 14.6. The van der Waals surface area contributed by atoms with Crippen LogP contribution in [-0.2, 0) is 22.6 Å². The first kappa shape index (κ1) is 19.4. The topological polar surface area (TPSA) is 108 Å². The summed E-state index contributed by atoms with van der Waals surface area (Å²) in [6, 6.07) is 16.2. The molecule has 1 aliphatic heterocycles. The van der Waals surface area contributed by atoms with Crippen molar-refractivity contribution in [2.45, 2.75) is 31.8 Å². The maximum absolute atomic E-state index is 12.6. The molecule has 7 nitrogen and oxygen atoms in total. The lowest BCUT2D eigenvalue weighted by Gasteiger charge is -2.24. The Morgan fingerprint density at radius 1 is 1.11 bits per heavy atom. The molecule has 1 heterocycles. The minimum atomic E-state index is -0.423. The molecule has 3 rings (SSSR count). The van der Waals surface area contributed by atoms with Crippen molar-refractivity contribution >= 4 is 17.6 Å². The smallest absolute Gasteiger partial charge is 0.243 e. The van der Waals surface area contributed by atoms with E-state index in [1.54, 1.807) is 29.2 Å². The number of hydrogen-bond donors (Lipinski definition) is 3. The Bertz CT molecular complexity index is 850. The van der Waals surface area contributed by atoms with E-state index in [4.69, 9.17) is 10.9 Å². The van der Waals surface area contributed by atoms with E-state index < -0.39 is 6.04 Å².